The number of benzene rings is 2. The van der Waals surface area contributed by atoms with Crippen LogP contribution in [-0.2, 0) is 9.59 Å². The van der Waals surface area contributed by atoms with Gasteiger partial charge in [-0.15, -0.1) is 0 Å². The highest BCUT2D eigenvalue weighted by Crippen LogP contribution is 2.44. The standard InChI is InChI=1S/C22H19ClFNO3/c1-28-15-5-2-4-13(10-15)16-12-21(27)25(14-8-9-18(24)17(23)11-14)19-6-3-7-20(26)22(16)19/h2,4-5,8-11,16H,3,6-7,12H2,1H3. The molecule has 28 heavy (non-hydrogen) atoms. The highest BCUT2D eigenvalue weighted by Gasteiger charge is 2.39. The maximum Gasteiger partial charge on any atom is 0.232 e. The van der Waals surface area contributed by atoms with Crippen LogP contribution in [-0.4, -0.2) is 18.8 Å². The van der Waals surface area contributed by atoms with Crippen molar-refractivity contribution in [1.29, 1.82) is 0 Å². The van der Waals surface area contributed by atoms with E-state index in [0.29, 0.717) is 42.0 Å². The summed E-state index contributed by atoms with van der Waals surface area (Å²) < 4.78 is 18.9. The number of hydrogen-bond acceptors (Lipinski definition) is 3. The summed E-state index contributed by atoms with van der Waals surface area (Å²) in [6, 6.07) is 11.7. The second-order valence-corrected chi connectivity index (χ2v) is 7.41. The topological polar surface area (TPSA) is 46.6 Å². The number of methoxy groups -OCH3 is 1. The second-order valence-electron chi connectivity index (χ2n) is 7.00. The SMILES string of the molecule is COc1cccc(C2CC(=O)N(c3ccc(F)c(Cl)c3)C3=C2C(=O)CCC3)c1. The molecule has 4 rings (SSSR count). The molecule has 2 aliphatic rings. The lowest BCUT2D eigenvalue weighted by molar-refractivity contribution is -0.119. The van der Waals surface area contributed by atoms with E-state index in [1.165, 1.54) is 23.1 Å². The van der Waals surface area contributed by atoms with Crippen LogP contribution in [0.1, 0.15) is 37.2 Å². The van der Waals surface area contributed by atoms with E-state index >= 15 is 0 Å². The zero-order valence-corrected chi connectivity index (χ0v) is 16.1. The molecule has 0 bridgehead atoms. The Morgan fingerprint density at radius 2 is 1.96 bits per heavy atom. The summed E-state index contributed by atoms with van der Waals surface area (Å²) in [7, 11) is 1.58. The molecule has 1 aliphatic carbocycles. The van der Waals surface area contributed by atoms with Crippen molar-refractivity contribution in [1.82, 2.24) is 0 Å². The van der Waals surface area contributed by atoms with Crippen LogP contribution in [0.4, 0.5) is 10.1 Å². The Bertz CT molecular complexity index is 1000. The van der Waals surface area contributed by atoms with Crippen LogP contribution in [0, 0.1) is 5.82 Å². The number of halogens is 2. The Kier molecular flexibility index (Phi) is 4.94. The molecule has 6 heteroatoms. The lowest BCUT2D eigenvalue weighted by atomic mass is 9.77. The van der Waals surface area contributed by atoms with Crippen LogP contribution in [0.2, 0.25) is 5.02 Å². The molecule has 0 saturated carbocycles. The van der Waals surface area contributed by atoms with Crippen molar-refractivity contribution < 1.29 is 18.7 Å². The van der Waals surface area contributed by atoms with Gasteiger partial charge in [0.25, 0.3) is 0 Å². The molecule has 1 amide bonds. The molecule has 4 nitrogen and oxygen atoms in total. The molecule has 0 aromatic heterocycles. The summed E-state index contributed by atoms with van der Waals surface area (Å²) in [5.41, 5.74) is 2.73. The van der Waals surface area contributed by atoms with Gasteiger partial charge in [-0.25, -0.2) is 4.39 Å². The molecular weight excluding hydrogens is 381 g/mol. The van der Waals surface area contributed by atoms with Crippen molar-refractivity contribution in [3.05, 3.63) is 70.1 Å². The van der Waals surface area contributed by atoms with E-state index in [4.69, 9.17) is 16.3 Å². The van der Waals surface area contributed by atoms with E-state index < -0.39 is 5.82 Å². The molecule has 2 aromatic carbocycles. The molecule has 1 atom stereocenters. The quantitative estimate of drug-likeness (QED) is 0.728. The van der Waals surface area contributed by atoms with Gasteiger partial charge in [-0.05, 0) is 48.7 Å². The van der Waals surface area contributed by atoms with Gasteiger partial charge in [0.15, 0.2) is 5.78 Å². The zero-order valence-electron chi connectivity index (χ0n) is 15.4. The van der Waals surface area contributed by atoms with Crippen molar-refractivity contribution >= 4 is 29.0 Å². The first-order chi connectivity index (χ1) is 13.5. The fourth-order valence-corrected chi connectivity index (χ4v) is 4.23. The van der Waals surface area contributed by atoms with Crippen LogP contribution in [0.3, 0.4) is 0 Å². The third-order valence-electron chi connectivity index (χ3n) is 5.33. The molecule has 0 saturated heterocycles. The van der Waals surface area contributed by atoms with E-state index in [1.807, 2.05) is 24.3 Å². The number of carbonyl (C=O) groups excluding carboxylic acids is 2. The number of nitrogens with zero attached hydrogens (tertiary/aromatic N) is 1. The van der Waals surface area contributed by atoms with Crippen molar-refractivity contribution in [3.63, 3.8) is 0 Å². The van der Waals surface area contributed by atoms with Crippen LogP contribution < -0.4 is 9.64 Å². The summed E-state index contributed by atoms with van der Waals surface area (Å²) in [5, 5.41) is -0.0514. The number of ether oxygens (including phenoxy) is 1. The van der Waals surface area contributed by atoms with Gasteiger partial charge in [0.1, 0.15) is 11.6 Å². The molecule has 2 aromatic rings. The van der Waals surface area contributed by atoms with Gasteiger partial charge in [0.05, 0.1) is 17.8 Å². The summed E-state index contributed by atoms with van der Waals surface area (Å²) >= 11 is 5.93. The van der Waals surface area contributed by atoms with Crippen LogP contribution >= 0.6 is 11.6 Å². The molecule has 0 N–H and O–H groups in total. The highest BCUT2D eigenvalue weighted by atomic mass is 35.5. The zero-order chi connectivity index (χ0) is 19.8. The molecular formula is C22H19ClFNO3. The molecule has 1 heterocycles. The number of amides is 1. The highest BCUT2D eigenvalue weighted by molar-refractivity contribution is 6.31. The van der Waals surface area contributed by atoms with E-state index in [0.717, 1.165) is 5.56 Å². The minimum atomic E-state index is -0.543. The molecule has 0 radical (unpaired) electrons. The van der Waals surface area contributed by atoms with Gasteiger partial charge in [-0.1, -0.05) is 23.7 Å². The second kappa shape index (κ2) is 7.40. The maximum absolute atomic E-state index is 13.6. The first kappa shape index (κ1) is 18.7. The molecule has 144 valence electrons. The van der Waals surface area contributed by atoms with Crippen molar-refractivity contribution in [3.8, 4) is 5.75 Å². The number of carbonyl (C=O) groups is 2. The predicted octanol–water partition coefficient (Wildman–Crippen LogP) is 5.02. The number of allylic oxidation sites excluding steroid dienone is 2. The third-order valence-corrected chi connectivity index (χ3v) is 5.62. The Balaban J connectivity index is 1.85. The van der Waals surface area contributed by atoms with Gasteiger partial charge in [-0.3, -0.25) is 14.5 Å². The minimum absolute atomic E-state index is 0.0514. The van der Waals surface area contributed by atoms with E-state index in [2.05, 4.69) is 0 Å². The molecule has 1 unspecified atom stereocenters. The van der Waals surface area contributed by atoms with Gasteiger partial charge >= 0.3 is 0 Å². The largest absolute Gasteiger partial charge is 0.497 e. The van der Waals surface area contributed by atoms with Gasteiger partial charge in [0.2, 0.25) is 5.91 Å². The summed E-state index contributed by atoms with van der Waals surface area (Å²) in [6.45, 7) is 0. The number of anilines is 1. The monoisotopic (exact) mass is 399 g/mol. The minimum Gasteiger partial charge on any atom is -0.497 e. The van der Waals surface area contributed by atoms with E-state index in [-0.39, 0.29) is 29.1 Å². The summed E-state index contributed by atoms with van der Waals surface area (Å²) in [4.78, 5) is 27.5. The maximum atomic E-state index is 13.6. The van der Waals surface area contributed by atoms with Crippen molar-refractivity contribution in [2.45, 2.75) is 31.6 Å². The summed E-state index contributed by atoms with van der Waals surface area (Å²) in [6.07, 6.45) is 1.92. The van der Waals surface area contributed by atoms with Crippen molar-refractivity contribution in [2.24, 2.45) is 0 Å². The number of hydrogen-bond donors (Lipinski definition) is 0. The first-order valence-electron chi connectivity index (χ1n) is 9.18. The third kappa shape index (κ3) is 3.20. The first-order valence-corrected chi connectivity index (χ1v) is 9.55. The van der Waals surface area contributed by atoms with Gasteiger partial charge in [-0.2, -0.15) is 0 Å². The normalized spacial score (nSPS) is 19.7. The fraction of sp³-hybridized carbons (Fsp3) is 0.273. The Labute approximate surface area is 167 Å². The van der Waals surface area contributed by atoms with Gasteiger partial charge < -0.3 is 4.74 Å². The van der Waals surface area contributed by atoms with Crippen LogP contribution in [0.25, 0.3) is 0 Å². The predicted molar refractivity (Wildman–Crippen MR) is 105 cm³/mol. The van der Waals surface area contributed by atoms with E-state index in [1.54, 1.807) is 7.11 Å². The number of rotatable bonds is 3. The Morgan fingerprint density at radius 1 is 1.14 bits per heavy atom. The number of ketones is 1. The Morgan fingerprint density at radius 3 is 2.71 bits per heavy atom. The Hall–Kier alpha value is -2.66. The van der Waals surface area contributed by atoms with E-state index in [9.17, 15) is 14.0 Å². The molecule has 1 aliphatic heterocycles. The lowest BCUT2D eigenvalue weighted by Gasteiger charge is -2.38. The smallest absolute Gasteiger partial charge is 0.232 e. The van der Waals surface area contributed by atoms with Crippen LogP contribution in [0.5, 0.6) is 5.75 Å². The van der Waals surface area contributed by atoms with Crippen LogP contribution in [0.15, 0.2) is 53.7 Å². The fourth-order valence-electron chi connectivity index (χ4n) is 4.06. The molecule has 0 fully saturated rings. The average molecular weight is 400 g/mol. The lowest BCUT2D eigenvalue weighted by Crippen LogP contribution is -2.40. The van der Waals surface area contributed by atoms with Gasteiger partial charge in [0, 0.05) is 30.0 Å². The summed E-state index contributed by atoms with van der Waals surface area (Å²) in [5.74, 6) is -0.248. The average Bonchev–Trinajstić information content (AvgIpc) is 2.70. The molecule has 0 spiro atoms. The number of Topliss-reactive ketones (excluding diaryl/α,β-unsaturated/α-hetero) is 1. The van der Waals surface area contributed by atoms with Crippen molar-refractivity contribution in [2.75, 3.05) is 12.0 Å².